The van der Waals surface area contributed by atoms with Gasteiger partial charge in [0, 0.05) is 17.5 Å². The summed E-state index contributed by atoms with van der Waals surface area (Å²) < 4.78 is 5.40. The number of amides is 1. The Labute approximate surface area is 151 Å². The van der Waals surface area contributed by atoms with Crippen molar-refractivity contribution in [3.05, 3.63) is 71.9 Å². The molecule has 0 aliphatic heterocycles. The van der Waals surface area contributed by atoms with E-state index in [1.807, 2.05) is 42.5 Å². The van der Waals surface area contributed by atoms with Crippen LogP contribution in [0.2, 0.25) is 0 Å². The van der Waals surface area contributed by atoms with Crippen molar-refractivity contribution in [2.75, 3.05) is 7.11 Å². The molecule has 1 aliphatic carbocycles. The Kier molecular flexibility index (Phi) is 4.35. The summed E-state index contributed by atoms with van der Waals surface area (Å²) in [5, 5.41) is 5.08. The SMILES string of the molecule is COc1cc(/C=N/NC(=O)C2CC2c2ccccc2)cc2cccnc12. The minimum atomic E-state index is -0.0375. The normalized spacial score (nSPS) is 18.8. The van der Waals surface area contributed by atoms with E-state index in [1.54, 1.807) is 19.5 Å². The highest BCUT2D eigenvalue weighted by atomic mass is 16.5. The lowest BCUT2D eigenvalue weighted by Gasteiger charge is -2.06. The summed E-state index contributed by atoms with van der Waals surface area (Å²) in [6.45, 7) is 0. The molecule has 1 fully saturated rings. The zero-order chi connectivity index (χ0) is 17.9. The molecule has 1 saturated carbocycles. The summed E-state index contributed by atoms with van der Waals surface area (Å²) in [6, 6.07) is 17.8. The standard InChI is InChI=1S/C21H19N3O2/c1-26-19-11-14(10-16-8-5-9-22-20(16)19)13-23-24-21(25)18-12-17(18)15-6-3-2-4-7-15/h2-11,13,17-18H,12H2,1H3,(H,24,25)/b23-13+. The molecular weight excluding hydrogens is 326 g/mol. The Morgan fingerprint density at radius 3 is 2.88 bits per heavy atom. The van der Waals surface area contributed by atoms with Crippen molar-refractivity contribution in [1.29, 1.82) is 0 Å². The number of aromatic nitrogens is 1. The summed E-state index contributed by atoms with van der Waals surface area (Å²) in [7, 11) is 1.61. The minimum absolute atomic E-state index is 0.00453. The van der Waals surface area contributed by atoms with E-state index < -0.39 is 0 Å². The number of hydrogen-bond donors (Lipinski definition) is 1. The van der Waals surface area contributed by atoms with Crippen LogP contribution in [0.4, 0.5) is 0 Å². The fourth-order valence-corrected chi connectivity index (χ4v) is 3.22. The smallest absolute Gasteiger partial charge is 0.243 e. The monoisotopic (exact) mass is 345 g/mol. The lowest BCUT2D eigenvalue weighted by molar-refractivity contribution is -0.122. The van der Waals surface area contributed by atoms with Crippen LogP contribution in [-0.4, -0.2) is 24.2 Å². The summed E-state index contributed by atoms with van der Waals surface area (Å²) in [5.41, 5.74) is 5.51. The maximum atomic E-state index is 12.3. The third kappa shape index (κ3) is 3.28. The first kappa shape index (κ1) is 16.3. The second-order valence-electron chi connectivity index (χ2n) is 6.39. The van der Waals surface area contributed by atoms with Gasteiger partial charge in [0.1, 0.15) is 11.3 Å². The van der Waals surface area contributed by atoms with Gasteiger partial charge in [-0.1, -0.05) is 36.4 Å². The van der Waals surface area contributed by atoms with Crippen LogP contribution >= 0.6 is 0 Å². The molecule has 26 heavy (non-hydrogen) atoms. The van der Waals surface area contributed by atoms with E-state index in [2.05, 4.69) is 27.6 Å². The minimum Gasteiger partial charge on any atom is -0.494 e. The highest BCUT2D eigenvalue weighted by Crippen LogP contribution is 2.47. The molecule has 4 rings (SSSR count). The van der Waals surface area contributed by atoms with Crippen LogP contribution < -0.4 is 10.2 Å². The lowest BCUT2D eigenvalue weighted by atomic mass is 10.1. The number of fused-ring (bicyclic) bond motifs is 1. The number of carbonyl (C=O) groups excluding carboxylic acids is 1. The van der Waals surface area contributed by atoms with Crippen LogP contribution in [0.15, 0.2) is 65.9 Å². The van der Waals surface area contributed by atoms with Gasteiger partial charge in [-0.3, -0.25) is 9.78 Å². The Bertz CT molecular complexity index is 969. The largest absolute Gasteiger partial charge is 0.494 e. The fraction of sp³-hybridized carbons (Fsp3) is 0.190. The Morgan fingerprint density at radius 2 is 2.08 bits per heavy atom. The molecule has 1 aliphatic rings. The number of nitrogens with one attached hydrogen (secondary N) is 1. The number of nitrogens with zero attached hydrogens (tertiary/aromatic N) is 2. The molecule has 0 spiro atoms. The fourth-order valence-electron chi connectivity index (χ4n) is 3.22. The number of carbonyl (C=O) groups is 1. The van der Waals surface area contributed by atoms with E-state index in [-0.39, 0.29) is 11.8 Å². The first-order chi connectivity index (χ1) is 12.8. The maximum Gasteiger partial charge on any atom is 0.243 e. The Hall–Kier alpha value is -3.21. The van der Waals surface area contributed by atoms with Gasteiger partial charge in [-0.2, -0.15) is 5.10 Å². The van der Waals surface area contributed by atoms with Gasteiger partial charge in [0.15, 0.2) is 0 Å². The molecule has 0 saturated heterocycles. The zero-order valence-electron chi connectivity index (χ0n) is 14.4. The van der Waals surface area contributed by atoms with E-state index in [1.165, 1.54) is 5.56 Å². The van der Waals surface area contributed by atoms with Crippen molar-refractivity contribution in [2.45, 2.75) is 12.3 Å². The van der Waals surface area contributed by atoms with Gasteiger partial charge in [-0.15, -0.1) is 0 Å². The number of benzene rings is 2. The zero-order valence-corrected chi connectivity index (χ0v) is 14.4. The van der Waals surface area contributed by atoms with Gasteiger partial charge in [0.2, 0.25) is 5.91 Å². The highest BCUT2D eigenvalue weighted by molar-refractivity contribution is 5.93. The second kappa shape index (κ2) is 6.96. The molecule has 2 aromatic carbocycles. The highest BCUT2D eigenvalue weighted by Gasteiger charge is 2.43. The van der Waals surface area contributed by atoms with Crippen molar-refractivity contribution < 1.29 is 9.53 Å². The Balaban J connectivity index is 1.43. The van der Waals surface area contributed by atoms with Gasteiger partial charge in [0.25, 0.3) is 0 Å². The van der Waals surface area contributed by atoms with E-state index in [4.69, 9.17) is 4.74 Å². The number of rotatable bonds is 5. The van der Waals surface area contributed by atoms with Crippen molar-refractivity contribution >= 4 is 23.0 Å². The molecular formula is C21H19N3O2. The molecule has 5 heteroatoms. The second-order valence-corrected chi connectivity index (χ2v) is 6.39. The third-order valence-electron chi connectivity index (χ3n) is 4.66. The predicted molar refractivity (Wildman–Crippen MR) is 101 cm³/mol. The lowest BCUT2D eigenvalue weighted by Crippen LogP contribution is -2.20. The number of hydrazone groups is 1. The van der Waals surface area contributed by atoms with Gasteiger partial charge in [-0.05, 0) is 41.7 Å². The first-order valence-electron chi connectivity index (χ1n) is 8.57. The molecule has 2 unspecified atom stereocenters. The molecule has 130 valence electrons. The predicted octanol–water partition coefficient (Wildman–Crippen LogP) is 3.50. The number of ether oxygens (including phenoxy) is 1. The molecule has 1 amide bonds. The van der Waals surface area contributed by atoms with Crippen LogP contribution in [-0.2, 0) is 4.79 Å². The van der Waals surface area contributed by atoms with Crippen LogP contribution in [0.25, 0.3) is 10.9 Å². The number of hydrogen-bond acceptors (Lipinski definition) is 4. The third-order valence-corrected chi connectivity index (χ3v) is 4.66. The molecule has 2 atom stereocenters. The molecule has 3 aromatic rings. The molecule has 5 nitrogen and oxygen atoms in total. The van der Waals surface area contributed by atoms with Gasteiger partial charge < -0.3 is 4.74 Å². The van der Waals surface area contributed by atoms with Crippen LogP contribution in [0.5, 0.6) is 5.75 Å². The van der Waals surface area contributed by atoms with Crippen molar-refractivity contribution in [2.24, 2.45) is 11.0 Å². The molecule has 0 bridgehead atoms. The van der Waals surface area contributed by atoms with Gasteiger partial charge in [-0.25, -0.2) is 5.43 Å². The van der Waals surface area contributed by atoms with Gasteiger partial charge in [0.05, 0.1) is 13.3 Å². The summed E-state index contributed by atoms with van der Waals surface area (Å²) in [6.07, 6.45) is 4.24. The van der Waals surface area contributed by atoms with Crippen molar-refractivity contribution in [3.8, 4) is 5.75 Å². The summed E-state index contributed by atoms with van der Waals surface area (Å²) >= 11 is 0. The quantitative estimate of drug-likeness (QED) is 0.569. The first-order valence-corrected chi connectivity index (χ1v) is 8.57. The average molecular weight is 345 g/mol. The molecule has 1 aromatic heterocycles. The molecule has 1 heterocycles. The summed E-state index contributed by atoms with van der Waals surface area (Å²) in [4.78, 5) is 16.6. The van der Waals surface area contributed by atoms with Crippen LogP contribution in [0, 0.1) is 5.92 Å². The Morgan fingerprint density at radius 1 is 1.23 bits per heavy atom. The van der Waals surface area contributed by atoms with Crippen molar-refractivity contribution in [3.63, 3.8) is 0 Å². The van der Waals surface area contributed by atoms with Crippen LogP contribution in [0.1, 0.15) is 23.5 Å². The number of methoxy groups -OCH3 is 1. The van der Waals surface area contributed by atoms with E-state index >= 15 is 0 Å². The van der Waals surface area contributed by atoms with Gasteiger partial charge >= 0.3 is 0 Å². The van der Waals surface area contributed by atoms with Crippen molar-refractivity contribution in [1.82, 2.24) is 10.4 Å². The molecule has 1 N–H and O–H groups in total. The summed E-state index contributed by atoms with van der Waals surface area (Å²) in [5.74, 6) is 0.954. The topological polar surface area (TPSA) is 63.6 Å². The van der Waals surface area contributed by atoms with E-state index in [0.29, 0.717) is 11.7 Å². The number of pyridine rings is 1. The van der Waals surface area contributed by atoms with Crippen LogP contribution in [0.3, 0.4) is 0 Å². The average Bonchev–Trinajstić information content (AvgIpc) is 3.49. The maximum absolute atomic E-state index is 12.3. The van der Waals surface area contributed by atoms with E-state index in [9.17, 15) is 4.79 Å². The van der Waals surface area contributed by atoms with E-state index in [0.717, 1.165) is 22.9 Å². The molecule has 0 radical (unpaired) electrons.